The van der Waals surface area contributed by atoms with Gasteiger partial charge in [-0.15, -0.1) is 0 Å². The minimum absolute atomic E-state index is 0.0405. The van der Waals surface area contributed by atoms with Gasteiger partial charge in [-0.25, -0.2) is 0 Å². The fourth-order valence-corrected chi connectivity index (χ4v) is 2.05. The van der Waals surface area contributed by atoms with Crippen LogP contribution in [-0.2, 0) is 4.74 Å². The standard InChI is InChI=1S/C8H12F3NO/c9-8(10,11)6-4-7(1-2-13-6)3-5(7)12/h5-6H,1-4,12H2. The molecule has 5 heteroatoms. The van der Waals surface area contributed by atoms with Crippen molar-refractivity contribution in [3.8, 4) is 0 Å². The second kappa shape index (κ2) is 2.60. The molecule has 1 saturated carbocycles. The quantitative estimate of drug-likeness (QED) is 0.634. The first-order valence-corrected chi connectivity index (χ1v) is 4.38. The summed E-state index contributed by atoms with van der Waals surface area (Å²) in [7, 11) is 0. The molecule has 13 heavy (non-hydrogen) atoms. The first-order valence-electron chi connectivity index (χ1n) is 4.38. The molecule has 2 fully saturated rings. The van der Waals surface area contributed by atoms with Gasteiger partial charge in [-0.2, -0.15) is 13.2 Å². The fraction of sp³-hybridized carbons (Fsp3) is 1.00. The lowest BCUT2D eigenvalue weighted by Gasteiger charge is -2.31. The zero-order valence-corrected chi connectivity index (χ0v) is 7.10. The molecule has 1 heterocycles. The van der Waals surface area contributed by atoms with Gasteiger partial charge in [0, 0.05) is 12.6 Å². The summed E-state index contributed by atoms with van der Waals surface area (Å²) in [5.41, 5.74) is 5.36. The van der Waals surface area contributed by atoms with Crippen molar-refractivity contribution < 1.29 is 17.9 Å². The summed E-state index contributed by atoms with van der Waals surface area (Å²) >= 11 is 0. The summed E-state index contributed by atoms with van der Waals surface area (Å²) < 4.78 is 41.5. The molecule has 1 spiro atoms. The van der Waals surface area contributed by atoms with Gasteiger partial charge in [0.1, 0.15) is 0 Å². The summed E-state index contributed by atoms with van der Waals surface area (Å²) in [6.07, 6.45) is -4.35. The van der Waals surface area contributed by atoms with E-state index in [1.54, 1.807) is 0 Å². The zero-order chi connectivity index (χ0) is 9.69. The van der Waals surface area contributed by atoms with Gasteiger partial charge in [0.15, 0.2) is 6.10 Å². The third-order valence-corrected chi connectivity index (χ3v) is 3.13. The van der Waals surface area contributed by atoms with Crippen molar-refractivity contribution >= 4 is 0 Å². The highest BCUT2D eigenvalue weighted by Crippen LogP contribution is 2.55. The lowest BCUT2D eigenvalue weighted by Crippen LogP contribution is -2.40. The highest BCUT2D eigenvalue weighted by atomic mass is 19.4. The average molecular weight is 195 g/mol. The maximum absolute atomic E-state index is 12.3. The Bertz CT molecular complexity index is 218. The Hall–Kier alpha value is -0.290. The molecule has 0 amide bonds. The molecule has 0 bridgehead atoms. The number of nitrogens with two attached hydrogens (primary N) is 1. The molecule has 2 N–H and O–H groups in total. The number of rotatable bonds is 0. The summed E-state index contributed by atoms with van der Waals surface area (Å²) in [6.45, 7) is 0.192. The zero-order valence-electron chi connectivity index (χ0n) is 7.10. The fourth-order valence-electron chi connectivity index (χ4n) is 2.05. The first-order chi connectivity index (χ1) is 5.94. The molecule has 0 aromatic rings. The number of hydrogen-bond acceptors (Lipinski definition) is 2. The van der Waals surface area contributed by atoms with E-state index in [4.69, 9.17) is 5.73 Å². The molecule has 3 unspecified atom stereocenters. The van der Waals surface area contributed by atoms with E-state index in [1.807, 2.05) is 0 Å². The molecule has 1 saturated heterocycles. The maximum atomic E-state index is 12.3. The van der Waals surface area contributed by atoms with Gasteiger partial charge < -0.3 is 10.5 Å². The summed E-state index contributed by atoms with van der Waals surface area (Å²) in [5.74, 6) is 0. The van der Waals surface area contributed by atoms with E-state index in [0.717, 1.165) is 6.42 Å². The minimum atomic E-state index is -4.23. The SMILES string of the molecule is NC1CC12CCOC(C(F)(F)F)C2. The van der Waals surface area contributed by atoms with Crippen LogP contribution in [0.15, 0.2) is 0 Å². The molecule has 1 aliphatic carbocycles. The van der Waals surface area contributed by atoms with E-state index < -0.39 is 12.3 Å². The Morgan fingerprint density at radius 1 is 1.31 bits per heavy atom. The van der Waals surface area contributed by atoms with Gasteiger partial charge in [0.25, 0.3) is 0 Å². The van der Waals surface area contributed by atoms with Crippen LogP contribution in [0.2, 0.25) is 0 Å². The number of ether oxygens (including phenoxy) is 1. The second-order valence-electron chi connectivity index (χ2n) is 4.03. The molecule has 1 aliphatic heterocycles. The van der Waals surface area contributed by atoms with E-state index in [0.29, 0.717) is 6.42 Å². The predicted octanol–water partition coefficient (Wildman–Crippen LogP) is 1.45. The van der Waals surface area contributed by atoms with Crippen molar-refractivity contribution in [2.75, 3.05) is 6.61 Å². The van der Waals surface area contributed by atoms with Crippen molar-refractivity contribution in [3.05, 3.63) is 0 Å². The highest BCUT2D eigenvalue weighted by Gasteiger charge is 2.58. The number of alkyl halides is 3. The Labute approximate surface area is 74.2 Å². The van der Waals surface area contributed by atoms with Crippen LogP contribution in [-0.4, -0.2) is 24.9 Å². The highest BCUT2D eigenvalue weighted by molar-refractivity contribution is 5.08. The minimum Gasteiger partial charge on any atom is -0.369 e. The third kappa shape index (κ3) is 1.55. The van der Waals surface area contributed by atoms with Gasteiger partial charge in [-0.1, -0.05) is 0 Å². The normalized spacial score (nSPS) is 45.2. The molecule has 0 radical (unpaired) electrons. The lowest BCUT2D eigenvalue weighted by atomic mass is 9.91. The average Bonchev–Trinajstić information content (AvgIpc) is 2.59. The topological polar surface area (TPSA) is 35.2 Å². The number of hydrogen-bond donors (Lipinski definition) is 1. The van der Waals surface area contributed by atoms with Gasteiger partial charge in [-0.3, -0.25) is 0 Å². The van der Waals surface area contributed by atoms with Gasteiger partial charge >= 0.3 is 6.18 Å². The van der Waals surface area contributed by atoms with Crippen molar-refractivity contribution in [2.24, 2.45) is 11.1 Å². The number of halogens is 3. The van der Waals surface area contributed by atoms with Crippen LogP contribution in [0.3, 0.4) is 0 Å². The molecular formula is C8H12F3NO. The third-order valence-electron chi connectivity index (χ3n) is 3.13. The maximum Gasteiger partial charge on any atom is 0.414 e. The van der Waals surface area contributed by atoms with E-state index in [9.17, 15) is 13.2 Å². The van der Waals surface area contributed by atoms with Crippen LogP contribution < -0.4 is 5.73 Å². The summed E-state index contributed by atoms with van der Waals surface area (Å²) in [4.78, 5) is 0. The molecule has 2 rings (SSSR count). The Morgan fingerprint density at radius 2 is 1.92 bits per heavy atom. The van der Waals surface area contributed by atoms with Crippen LogP contribution in [0.1, 0.15) is 19.3 Å². The second-order valence-corrected chi connectivity index (χ2v) is 4.03. The Kier molecular flexibility index (Phi) is 1.86. The molecule has 2 aliphatic rings. The first kappa shape index (κ1) is 9.27. The van der Waals surface area contributed by atoms with Crippen molar-refractivity contribution in [1.29, 1.82) is 0 Å². The van der Waals surface area contributed by atoms with Crippen LogP contribution in [0, 0.1) is 5.41 Å². The summed E-state index contributed by atoms with van der Waals surface area (Å²) in [5, 5.41) is 0. The molecular weight excluding hydrogens is 183 g/mol. The van der Waals surface area contributed by atoms with Crippen LogP contribution in [0.5, 0.6) is 0 Å². The molecule has 76 valence electrons. The van der Waals surface area contributed by atoms with Crippen LogP contribution in [0.4, 0.5) is 13.2 Å². The van der Waals surface area contributed by atoms with Gasteiger partial charge in [-0.05, 0) is 24.7 Å². The predicted molar refractivity (Wildman–Crippen MR) is 40.1 cm³/mol. The summed E-state index contributed by atoms with van der Waals surface area (Å²) in [6, 6.07) is -0.0405. The molecule has 3 atom stereocenters. The van der Waals surface area contributed by atoms with Crippen molar-refractivity contribution in [2.45, 2.75) is 37.6 Å². The Balaban J connectivity index is 2.01. The van der Waals surface area contributed by atoms with Gasteiger partial charge in [0.2, 0.25) is 0 Å². The molecule has 2 nitrogen and oxygen atoms in total. The van der Waals surface area contributed by atoms with Crippen molar-refractivity contribution in [3.63, 3.8) is 0 Å². The van der Waals surface area contributed by atoms with Crippen LogP contribution in [0.25, 0.3) is 0 Å². The van der Waals surface area contributed by atoms with E-state index in [1.165, 1.54) is 0 Å². The van der Waals surface area contributed by atoms with Crippen molar-refractivity contribution in [1.82, 2.24) is 0 Å². The van der Waals surface area contributed by atoms with Crippen LogP contribution >= 0.6 is 0 Å². The monoisotopic (exact) mass is 195 g/mol. The van der Waals surface area contributed by atoms with E-state index >= 15 is 0 Å². The molecule has 0 aromatic heterocycles. The Morgan fingerprint density at radius 3 is 2.38 bits per heavy atom. The van der Waals surface area contributed by atoms with E-state index in [2.05, 4.69) is 4.74 Å². The van der Waals surface area contributed by atoms with E-state index in [-0.39, 0.29) is 24.5 Å². The smallest absolute Gasteiger partial charge is 0.369 e. The largest absolute Gasteiger partial charge is 0.414 e. The lowest BCUT2D eigenvalue weighted by molar-refractivity contribution is -0.238. The molecule has 0 aromatic carbocycles. The van der Waals surface area contributed by atoms with Gasteiger partial charge in [0.05, 0.1) is 0 Å².